The molecule has 0 aliphatic carbocycles. The van der Waals surface area contributed by atoms with Crippen molar-refractivity contribution < 1.29 is 23.9 Å². The minimum absolute atomic E-state index is 0.173. The van der Waals surface area contributed by atoms with Gasteiger partial charge in [0.1, 0.15) is 12.3 Å². The molecule has 1 aromatic rings. The van der Waals surface area contributed by atoms with Crippen LogP contribution in [0.15, 0.2) is 41.2 Å². The maximum absolute atomic E-state index is 13.2. The number of nitrogens with zero attached hydrogens (tertiary/aromatic N) is 5. The van der Waals surface area contributed by atoms with E-state index in [0.29, 0.717) is 11.7 Å². The fraction of sp³-hybridized carbons (Fsp3) is 0.400. The number of amides is 3. The van der Waals surface area contributed by atoms with E-state index in [4.69, 9.17) is 9.47 Å². The van der Waals surface area contributed by atoms with E-state index >= 15 is 0 Å². The van der Waals surface area contributed by atoms with Crippen molar-refractivity contribution in [2.24, 2.45) is 4.99 Å². The molecule has 0 radical (unpaired) electrons. The first-order chi connectivity index (χ1) is 14.4. The van der Waals surface area contributed by atoms with Crippen LogP contribution in [-0.2, 0) is 14.3 Å². The Morgan fingerprint density at radius 1 is 1.23 bits per heavy atom. The first kappa shape index (κ1) is 19.7. The van der Waals surface area contributed by atoms with E-state index < -0.39 is 36.7 Å². The normalized spacial score (nSPS) is 22.7. The molecule has 3 aliphatic rings. The summed E-state index contributed by atoms with van der Waals surface area (Å²) < 4.78 is 10.4. The van der Waals surface area contributed by atoms with Crippen molar-refractivity contribution in [2.75, 3.05) is 32.2 Å². The van der Waals surface area contributed by atoms with Crippen LogP contribution in [0.5, 0.6) is 5.75 Å². The number of esters is 1. The van der Waals surface area contributed by atoms with Gasteiger partial charge in [-0.2, -0.15) is 0 Å². The van der Waals surface area contributed by atoms with E-state index in [1.165, 1.54) is 4.90 Å². The second-order valence-corrected chi connectivity index (χ2v) is 7.10. The second-order valence-electron chi connectivity index (χ2n) is 7.10. The van der Waals surface area contributed by atoms with Gasteiger partial charge in [-0.05, 0) is 26.0 Å². The van der Waals surface area contributed by atoms with Crippen molar-refractivity contribution in [3.63, 3.8) is 0 Å². The van der Waals surface area contributed by atoms with Gasteiger partial charge in [-0.25, -0.2) is 9.79 Å². The molecule has 0 N–H and O–H groups in total. The zero-order chi connectivity index (χ0) is 21.6. The van der Waals surface area contributed by atoms with E-state index in [1.54, 1.807) is 26.0 Å². The average Bonchev–Trinajstić information content (AvgIpc) is 3.24. The van der Waals surface area contributed by atoms with Crippen LogP contribution in [0.25, 0.3) is 0 Å². The van der Waals surface area contributed by atoms with Crippen LogP contribution in [-0.4, -0.2) is 78.1 Å². The number of carbonyl (C=O) groups is 3. The Morgan fingerprint density at radius 2 is 1.97 bits per heavy atom. The SMILES string of the molecule is CCOC(=O)CN1C(=O)C2C(N=C3N(c4ccccc4OC)C(C)=CN32)N(C)C1=O. The highest BCUT2D eigenvalue weighted by molar-refractivity contribution is 6.11. The van der Waals surface area contributed by atoms with Crippen molar-refractivity contribution in [3.05, 3.63) is 36.2 Å². The lowest BCUT2D eigenvalue weighted by molar-refractivity contribution is -0.150. The van der Waals surface area contributed by atoms with Gasteiger partial charge >= 0.3 is 12.0 Å². The average molecular weight is 413 g/mol. The number of likely N-dealkylation sites (N-methyl/N-ethyl adjacent to an activating group) is 1. The van der Waals surface area contributed by atoms with Gasteiger partial charge in [-0.15, -0.1) is 0 Å². The first-order valence-corrected chi connectivity index (χ1v) is 9.60. The van der Waals surface area contributed by atoms with Crippen molar-refractivity contribution in [1.29, 1.82) is 0 Å². The number of rotatable bonds is 5. The predicted octanol–water partition coefficient (Wildman–Crippen LogP) is 1.20. The van der Waals surface area contributed by atoms with Crippen LogP contribution in [0.3, 0.4) is 0 Å². The Bertz CT molecular complexity index is 974. The van der Waals surface area contributed by atoms with Crippen LogP contribution in [0.4, 0.5) is 10.5 Å². The standard InChI is InChI=1S/C20H23N5O5/c1-5-30-15(26)11-24-18(27)16-17(22(3)20(24)28)21-19-23(16)10-12(2)25(19)13-8-6-7-9-14(13)29-4/h6-10,16-17H,5,11H2,1-4H3. The Labute approximate surface area is 173 Å². The number of urea groups is 1. The number of benzene rings is 1. The quantitative estimate of drug-likeness (QED) is 0.670. The molecular weight excluding hydrogens is 390 g/mol. The summed E-state index contributed by atoms with van der Waals surface area (Å²) in [7, 11) is 3.16. The molecule has 10 nitrogen and oxygen atoms in total. The minimum Gasteiger partial charge on any atom is -0.495 e. The molecule has 1 fully saturated rings. The zero-order valence-corrected chi connectivity index (χ0v) is 17.2. The summed E-state index contributed by atoms with van der Waals surface area (Å²) >= 11 is 0. The third-order valence-corrected chi connectivity index (χ3v) is 5.31. The number of imide groups is 1. The number of hydrogen-bond acceptors (Lipinski definition) is 8. The molecule has 0 aromatic heterocycles. The number of anilines is 1. The van der Waals surface area contributed by atoms with Gasteiger partial charge in [-0.1, -0.05) is 12.1 Å². The fourth-order valence-corrected chi connectivity index (χ4v) is 3.95. The minimum atomic E-state index is -0.758. The molecule has 158 valence electrons. The molecule has 2 atom stereocenters. The Kier molecular flexibility index (Phi) is 4.84. The number of aliphatic imine (C=N–C) groups is 1. The third kappa shape index (κ3) is 2.87. The lowest BCUT2D eigenvalue weighted by atomic mass is 10.1. The van der Waals surface area contributed by atoms with Crippen molar-refractivity contribution >= 4 is 29.6 Å². The van der Waals surface area contributed by atoms with Gasteiger partial charge in [0, 0.05) is 18.9 Å². The second kappa shape index (κ2) is 7.36. The molecule has 30 heavy (non-hydrogen) atoms. The van der Waals surface area contributed by atoms with Gasteiger partial charge < -0.3 is 19.3 Å². The van der Waals surface area contributed by atoms with E-state index in [-0.39, 0.29) is 6.61 Å². The van der Waals surface area contributed by atoms with Gasteiger partial charge in [0.2, 0.25) is 5.96 Å². The molecule has 4 rings (SSSR count). The smallest absolute Gasteiger partial charge is 0.328 e. The van der Waals surface area contributed by atoms with E-state index in [2.05, 4.69) is 4.99 Å². The summed E-state index contributed by atoms with van der Waals surface area (Å²) in [5.74, 6) is 0.0668. The molecule has 3 amide bonds. The number of guanidine groups is 1. The third-order valence-electron chi connectivity index (χ3n) is 5.31. The molecule has 0 spiro atoms. The van der Waals surface area contributed by atoms with Gasteiger partial charge in [-0.3, -0.25) is 19.4 Å². The summed E-state index contributed by atoms with van der Waals surface area (Å²) in [6.07, 6.45) is 1.13. The monoisotopic (exact) mass is 413 g/mol. The highest BCUT2D eigenvalue weighted by Gasteiger charge is 2.55. The molecular formula is C20H23N5O5. The van der Waals surface area contributed by atoms with E-state index in [9.17, 15) is 14.4 Å². The van der Waals surface area contributed by atoms with Crippen molar-refractivity contribution in [3.8, 4) is 5.75 Å². The molecule has 1 saturated heterocycles. The number of hydrogen-bond donors (Lipinski definition) is 0. The van der Waals surface area contributed by atoms with Gasteiger partial charge in [0.15, 0.2) is 12.2 Å². The van der Waals surface area contributed by atoms with E-state index in [1.807, 2.05) is 42.3 Å². The molecule has 0 saturated carbocycles. The Balaban J connectivity index is 1.68. The van der Waals surface area contributed by atoms with Crippen LogP contribution >= 0.6 is 0 Å². The first-order valence-electron chi connectivity index (χ1n) is 9.60. The summed E-state index contributed by atoms with van der Waals surface area (Å²) in [6.45, 7) is 3.31. The maximum atomic E-state index is 13.2. The summed E-state index contributed by atoms with van der Waals surface area (Å²) in [4.78, 5) is 48.5. The van der Waals surface area contributed by atoms with Crippen LogP contribution in [0.1, 0.15) is 13.8 Å². The molecule has 2 unspecified atom stereocenters. The zero-order valence-electron chi connectivity index (χ0n) is 17.2. The molecule has 1 aromatic carbocycles. The number of methoxy groups -OCH3 is 1. The van der Waals surface area contributed by atoms with Crippen LogP contribution < -0.4 is 9.64 Å². The van der Waals surface area contributed by atoms with Crippen molar-refractivity contribution in [2.45, 2.75) is 26.1 Å². The van der Waals surface area contributed by atoms with Crippen LogP contribution in [0, 0.1) is 0 Å². The number of carbonyl (C=O) groups excluding carboxylic acids is 3. The fourth-order valence-electron chi connectivity index (χ4n) is 3.95. The lowest BCUT2D eigenvalue weighted by Gasteiger charge is -2.39. The lowest BCUT2D eigenvalue weighted by Crippen LogP contribution is -2.65. The van der Waals surface area contributed by atoms with Crippen LogP contribution in [0.2, 0.25) is 0 Å². The summed E-state index contributed by atoms with van der Waals surface area (Å²) in [5.41, 5.74) is 1.62. The van der Waals surface area contributed by atoms with Crippen molar-refractivity contribution in [1.82, 2.24) is 14.7 Å². The highest BCUT2D eigenvalue weighted by Crippen LogP contribution is 2.39. The molecule has 3 heterocycles. The molecule has 3 aliphatic heterocycles. The number of para-hydroxylation sites is 2. The molecule has 0 bridgehead atoms. The van der Waals surface area contributed by atoms with Gasteiger partial charge in [0.05, 0.1) is 19.4 Å². The molecule has 10 heteroatoms. The highest BCUT2D eigenvalue weighted by atomic mass is 16.5. The summed E-state index contributed by atoms with van der Waals surface area (Å²) in [5, 5.41) is 0. The number of allylic oxidation sites excluding steroid dienone is 1. The maximum Gasteiger partial charge on any atom is 0.328 e. The number of fused-ring (bicyclic) bond motifs is 3. The predicted molar refractivity (Wildman–Crippen MR) is 108 cm³/mol. The number of ether oxygens (including phenoxy) is 2. The van der Waals surface area contributed by atoms with Gasteiger partial charge in [0.25, 0.3) is 5.91 Å². The largest absolute Gasteiger partial charge is 0.495 e. The summed E-state index contributed by atoms with van der Waals surface area (Å²) in [6, 6.07) is 6.16. The Hall–Kier alpha value is -3.56. The Morgan fingerprint density at radius 3 is 2.67 bits per heavy atom. The van der Waals surface area contributed by atoms with E-state index in [0.717, 1.165) is 16.3 Å². The topological polar surface area (TPSA) is 95.0 Å².